The van der Waals surface area contributed by atoms with E-state index in [1.165, 1.54) is 0 Å². The topological polar surface area (TPSA) is 69.0 Å². The first kappa shape index (κ1) is 20.8. The van der Waals surface area contributed by atoms with Gasteiger partial charge in [-0.05, 0) is 0 Å². The van der Waals surface area contributed by atoms with Crippen molar-refractivity contribution >= 4 is 5.91 Å². The van der Waals surface area contributed by atoms with Gasteiger partial charge in [0.25, 0.3) is 0 Å². The SMILES string of the molecule is O=C(Nn1cnnc1)C(F)(OC(F)(F)C(F)(F)C(F)(F)F)C(F)(F)F. The minimum atomic E-state index is -7.25. The van der Waals surface area contributed by atoms with Gasteiger partial charge in [-0.3, -0.25) is 15.0 Å². The van der Waals surface area contributed by atoms with Crippen molar-refractivity contribution in [1.29, 1.82) is 0 Å². The third-order valence-corrected chi connectivity index (χ3v) is 2.30. The molecule has 0 aromatic carbocycles. The van der Waals surface area contributed by atoms with E-state index in [4.69, 9.17) is 0 Å². The summed E-state index contributed by atoms with van der Waals surface area (Å²) >= 11 is 0. The van der Waals surface area contributed by atoms with Gasteiger partial charge in [-0.25, -0.2) is 4.68 Å². The van der Waals surface area contributed by atoms with E-state index in [0.717, 1.165) is 5.43 Å². The van der Waals surface area contributed by atoms with Crippen molar-refractivity contribution in [1.82, 2.24) is 14.9 Å². The van der Waals surface area contributed by atoms with Crippen LogP contribution in [0.4, 0.5) is 48.3 Å². The van der Waals surface area contributed by atoms with Crippen molar-refractivity contribution in [2.75, 3.05) is 5.43 Å². The van der Waals surface area contributed by atoms with Crippen LogP contribution in [0.1, 0.15) is 0 Å². The maximum Gasteiger partial charge on any atom is 0.462 e. The van der Waals surface area contributed by atoms with Crippen LogP contribution < -0.4 is 5.43 Å². The lowest BCUT2D eigenvalue weighted by Gasteiger charge is -2.33. The zero-order valence-corrected chi connectivity index (χ0v) is 11.0. The number of hydrogen-bond donors (Lipinski definition) is 1. The fraction of sp³-hybridized carbons (Fsp3) is 0.625. The first-order chi connectivity index (χ1) is 11.0. The van der Waals surface area contributed by atoms with E-state index in [1.54, 1.807) is 0 Å². The summed E-state index contributed by atoms with van der Waals surface area (Å²) in [4.78, 5) is 11.2. The van der Waals surface area contributed by atoms with Crippen molar-refractivity contribution in [3.63, 3.8) is 0 Å². The van der Waals surface area contributed by atoms with Crippen molar-refractivity contribution in [3.05, 3.63) is 12.7 Å². The van der Waals surface area contributed by atoms with Gasteiger partial charge in [0.15, 0.2) is 0 Å². The second kappa shape index (κ2) is 5.95. The van der Waals surface area contributed by atoms with E-state index in [1.807, 2.05) is 4.74 Å². The normalized spacial score (nSPS) is 16.4. The molecule has 6 nitrogen and oxygen atoms in total. The van der Waals surface area contributed by atoms with Crippen LogP contribution in [0.15, 0.2) is 12.7 Å². The molecule has 0 radical (unpaired) electrons. The number of nitrogens with one attached hydrogen (secondary N) is 1. The second-order valence-corrected chi connectivity index (χ2v) is 4.09. The first-order valence-corrected chi connectivity index (χ1v) is 5.40. The number of carbonyl (C=O) groups is 1. The molecule has 25 heavy (non-hydrogen) atoms. The molecule has 1 rings (SSSR count). The van der Waals surface area contributed by atoms with E-state index in [9.17, 15) is 53.1 Å². The predicted molar refractivity (Wildman–Crippen MR) is 51.3 cm³/mol. The number of amides is 1. The van der Waals surface area contributed by atoms with Crippen LogP contribution >= 0.6 is 0 Å². The van der Waals surface area contributed by atoms with Gasteiger partial charge in [0, 0.05) is 0 Å². The molecule has 1 unspecified atom stereocenters. The van der Waals surface area contributed by atoms with Gasteiger partial charge in [0.2, 0.25) is 0 Å². The van der Waals surface area contributed by atoms with Crippen molar-refractivity contribution in [2.24, 2.45) is 0 Å². The molecule has 1 atom stereocenters. The van der Waals surface area contributed by atoms with Crippen molar-refractivity contribution in [3.8, 4) is 0 Å². The molecule has 0 aliphatic carbocycles. The molecular weight excluding hydrogens is 393 g/mol. The summed E-state index contributed by atoms with van der Waals surface area (Å²) in [5.74, 6) is -16.7. The van der Waals surface area contributed by atoms with Gasteiger partial charge in [0.1, 0.15) is 12.7 Å². The average molecular weight is 396 g/mol. The van der Waals surface area contributed by atoms with Gasteiger partial charge >= 0.3 is 36.1 Å². The van der Waals surface area contributed by atoms with Gasteiger partial charge in [-0.2, -0.15) is 48.3 Å². The fourth-order valence-corrected chi connectivity index (χ4v) is 1.09. The largest absolute Gasteiger partial charge is 0.462 e. The summed E-state index contributed by atoms with van der Waals surface area (Å²) in [7, 11) is 0. The van der Waals surface area contributed by atoms with Crippen LogP contribution in [0.5, 0.6) is 0 Å². The summed E-state index contributed by atoms with van der Waals surface area (Å²) < 4.78 is 140. The smallest absolute Gasteiger partial charge is 0.266 e. The summed E-state index contributed by atoms with van der Waals surface area (Å²) in [5.41, 5.74) is 0.855. The molecule has 1 heterocycles. The summed E-state index contributed by atoms with van der Waals surface area (Å²) in [6.45, 7) is 0. The number of carbonyl (C=O) groups excluding carboxylic acids is 1. The molecule has 0 saturated heterocycles. The Hall–Kier alpha value is -2.20. The minimum absolute atomic E-state index is 0.0474. The maximum atomic E-state index is 13.7. The molecule has 1 aromatic rings. The highest BCUT2D eigenvalue weighted by Gasteiger charge is 2.79. The zero-order valence-electron chi connectivity index (χ0n) is 11.0. The molecule has 0 fully saturated rings. The monoisotopic (exact) mass is 396 g/mol. The van der Waals surface area contributed by atoms with E-state index < -0.39 is 36.1 Å². The van der Waals surface area contributed by atoms with Crippen molar-refractivity contribution in [2.45, 2.75) is 30.2 Å². The van der Waals surface area contributed by atoms with Gasteiger partial charge < -0.3 is 0 Å². The van der Waals surface area contributed by atoms with E-state index in [2.05, 4.69) is 10.2 Å². The minimum Gasteiger partial charge on any atom is -0.266 e. The molecule has 144 valence electrons. The number of alkyl halides is 11. The number of rotatable bonds is 5. The zero-order chi connectivity index (χ0) is 19.9. The van der Waals surface area contributed by atoms with Gasteiger partial charge in [0.05, 0.1) is 0 Å². The molecule has 0 bridgehead atoms. The van der Waals surface area contributed by atoms with Crippen LogP contribution in [-0.2, 0) is 9.53 Å². The Kier molecular flexibility index (Phi) is 4.96. The lowest BCUT2D eigenvalue weighted by molar-refractivity contribution is -0.472. The Morgan fingerprint density at radius 1 is 0.840 bits per heavy atom. The summed E-state index contributed by atoms with van der Waals surface area (Å²) in [6, 6.07) is 0. The number of hydrogen-bond acceptors (Lipinski definition) is 4. The molecule has 0 saturated carbocycles. The predicted octanol–water partition coefficient (Wildman–Crippen LogP) is 2.38. The van der Waals surface area contributed by atoms with Crippen LogP contribution in [0, 0.1) is 0 Å². The third-order valence-electron chi connectivity index (χ3n) is 2.30. The standard InChI is InChI=1S/C8H3F11N4O2/c9-4(6(12,13)14,3(24)22-23-1-20-21-2-23)25-8(18,19)5(10,11)7(15,16)17/h1-2H,(H,22,24). The van der Waals surface area contributed by atoms with Crippen molar-refractivity contribution < 1.29 is 57.8 Å². The highest BCUT2D eigenvalue weighted by molar-refractivity contribution is 5.91. The maximum absolute atomic E-state index is 13.7. The summed E-state index contributed by atoms with van der Waals surface area (Å²) in [5, 5.41) is 5.80. The van der Waals surface area contributed by atoms with Crippen LogP contribution in [0.3, 0.4) is 0 Å². The first-order valence-electron chi connectivity index (χ1n) is 5.40. The molecule has 1 N–H and O–H groups in total. The third kappa shape index (κ3) is 3.74. The number of halogens is 11. The van der Waals surface area contributed by atoms with E-state index >= 15 is 0 Å². The van der Waals surface area contributed by atoms with Crippen LogP contribution in [-0.4, -0.2) is 51.0 Å². The Morgan fingerprint density at radius 2 is 1.28 bits per heavy atom. The Labute approximate surface area is 128 Å². The number of aromatic nitrogens is 3. The Bertz CT molecular complexity index is 611. The lowest BCUT2D eigenvalue weighted by Crippen LogP contribution is -2.63. The Balaban J connectivity index is 3.25. The molecule has 0 aliphatic rings. The van der Waals surface area contributed by atoms with Crippen LogP contribution in [0.2, 0.25) is 0 Å². The second-order valence-electron chi connectivity index (χ2n) is 4.09. The van der Waals surface area contributed by atoms with Gasteiger partial charge in [-0.1, -0.05) is 0 Å². The number of nitrogens with zero attached hydrogens (tertiary/aromatic N) is 3. The number of ether oxygens (including phenoxy) is 1. The molecular formula is C8H3F11N4O2. The van der Waals surface area contributed by atoms with Crippen LogP contribution in [0.25, 0.3) is 0 Å². The molecule has 17 heteroatoms. The summed E-state index contributed by atoms with van der Waals surface area (Å²) in [6.07, 6.45) is -20.2. The molecule has 1 amide bonds. The van der Waals surface area contributed by atoms with E-state index in [0.29, 0.717) is 12.7 Å². The van der Waals surface area contributed by atoms with E-state index in [-0.39, 0.29) is 4.68 Å². The Morgan fingerprint density at radius 3 is 1.64 bits per heavy atom. The molecule has 1 aromatic heterocycles. The lowest BCUT2D eigenvalue weighted by atomic mass is 10.2. The average Bonchev–Trinajstić information content (AvgIpc) is 2.87. The van der Waals surface area contributed by atoms with Gasteiger partial charge in [-0.15, -0.1) is 10.2 Å². The fourth-order valence-electron chi connectivity index (χ4n) is 1.09. The molecule has 0 aliphatic heterocycles. The quantitative estimate of drug-likeness (QED) is 0.777. The molecule has 0 spiro atoms. The highest BCUT2D eigenvalue weighted by atomic mass is 19.4. The highest BCUT2D eigenvalue weighted by Crippen LogP contribution is 2.51.